The van der Waals surface area contributed by atoms with Gasteiger partial charge < -0.3 is 20.3 Å². The molecule has 2 atom stereocenters. The number of rotatable bonds is 4. The summed E-state index contributed by atoms with van der Waals surface area (Å²) in [4.78, 5) is 0. The first-order valence-corrected chi connectivity index (χ1v) is 5.25. The zero-order valence-corrected chi connectivity index (χ0v) is 8.99. The highest BCUT2D eigenvalue weighted by molar-refractivity contribution is 4.85. The molecule has 14 heavy (non-hydrogen) atoms. The van der Waals surface area contributed by atoms with Crippen LogP contribution < -0.4 is 5.32 Å². The molecule has 1 aliphatic heterocycles. The van der Waals surface area contributed by atoms with Crippen molar-refractivity contribution in [2.75, 3.05) is 19.8 Å². The quantitative estimate of drug-likeness (QED) is 0.596. The van der Waals surface area contributed by atoms with Gasteiger partial charge in [-0.2, -0.15) is 0 Å². The van der Waals surface area contributed by atoms with Gasteiger partial charge in [-0.15, -0.1) is 0 Å². The van der Waals surface area contributed by atoms with E-state index in [0.29, 0.717) is 32.6 Å². The van der Waals surface area contributed by atoms with E-state index in [0.717, 1.165) is 0 Å². The summed E-state index contributed by atoms with van der Waals surface area (Å²) in [7, 11) is 0. The summed E-state index contributed by atoms with van der Waals surface area (Å²) in [6.07, 6.45) is 0.956. The maximum Gasteiger partial charge on any atom is 0.0815 e. The Balaban J connectivity index is 2.28. The Morgan fingerprint density at radius 1 is 1.36 bits per heavy atom. The standard InChI is InChI=1S/C10H21NO3/c1-8(9(2)12)11-7-10(13)3-5-14-6-4-10/h8-9,11-13H,3-7H2,1-2H3. The van der Waals surface area contributed by atoms with Crippen molar-refractivity contribution >= 4 is 0 Å². The van der Waals surface area contributed by atoms with Gasteiger partial charge in [-0.3, -0.25) is 0 Å². The van der Waals surface area contributed by atoms with Crippen molar-refractivity contribution in [2.24, 2.45) is 0 Å². The van der Waals surface area contributed by atoms with Crippen LogP contribution in [0.1, 0.15) is 26.7 Å². The van der Waals surface area contributed by atoms with Crippen LogP contribution >= 0.6 is 0 Å². The lowest BCUT2D eigenvalue weighted by Gasteiger charge is -2.33. The van der Waals surface area contributed by atoms with E-state index >= 15 is 0 Å². The number of aliphatic hydroxyl groups is 2. The molecule has 2 unspecified atom stereocenters. The van der Waals surface area contributed by atoms with E-state index < -0.39 is 11.7 Å². The molecule has 0 aromatic rings. The first kappa shape index (κ1) is 11.9. The zero-order valence-electron chi connectivity index (χ0n) is 8.99. The molecule has 1 saturated heterocycles. The van der Waals surface area contributed by atoms with Crippen LogP contribution in [0.3, 0.4) is 0 Å². The fraction of sp³-hybridized carbons (Fsp3) is 1.00. The third kappa shape index (κ3) is 3.53. The van der Waals surface area contributed by atoms with Crippen molar-refractivity contribution in [3.05, 3.63) is 0 Å². The van der Waals surface area contributed by atoms with Crippen LogP contribution in [-0.2, 0) is 4.74 Å². The van der Waals surface area contributed by atoms with Crippen LogP contribution in [0.15, 0.2) is 0 Å². The minimum absolute atomic E-state index is 0.0156. The van der Waals surface area contributed by atoms with Gasteiger partial charge in [-0.25, -0.2) is 0 Å². The fourth-order valence-corrected chi connectivity index (χ4v) is 1.45. The topological polar surface area (TPSA) is 61.7 Å². The van der Waals surface area contributed by atoms with Gasteiger partial charge in [0.25, 0.3) is 0 Å². The molecule has 84 valence electrons. The summed E-state index contributed by atoms with van der Waals surface area (Å²) in [5, 5.41) is 22.5. The van der Waals surface area contributed by atoms with E-state index in [-0.39, 0.29) is 6.04 Å². The first-order chi connectivity index (χ1) is 6.53. The van der Waals surface area contributed by atoms with E-state index in [4.69, 9.17) is 4.74 Å². The van der Waals surface area contributed by atoms with Crippen LogP contribution in [0.25, 0.3) is 0 Å². The van der Waals surface area contributed by atoms with Crippen LogP contribution in [0.5, 0.6) is 0 Å². The largest absolute Gasteiger partial charge is 0.392 e. The normalized spacial score (nSPS) is 25.7. The predicted octanol–water partition coefficient (Wildman–Crippen LogP) is -0.113. The summed E-state index contributed by atoms with van der Waals surface area (Å²) in [6, 6.07) is 0.0156. The van der Waals surface area contributed by atoms with Gasteiger partial charge in [-0.05, 0) is 13.8 Å². The van der Waals surface area contributed by atoms with E-state index in [9.17, 15) is 10.2 Å². The molecule has 0 saturated carbocycles. The molecule has 1 aliphatic rings. The first-order valence-electron chi connectivity index (χ1n) is 5.25. The lowest BCUT2D eigenvalue weighted by Crippen LogP contribution is -2.49. The van der Waals surface area contributed by atoms with Crippen LogP contribution in [0, 0.1) is 0 Å². The maximum atomic E-state index is 10.1. The third-order valence-corrected chi connectivity index (χ3v) is 2.90. The Morgan fingerprint density at radius 2 is 1.93 bits per heavy atom. The molecule has 4 nitrogen and oxygen atoms in total. The van der Waals surface area contributed by atoms with Gasteiger partial charge in [0.15, 0.2) is 0 Å². The number of hydrogen-bond donors (Lipinski definition) is 3. The van der Waals surface area contributed by atoms with Gasteiger partial charge in [0.1, 0.15) is 0 Å². The molecular formula is C10H21NO3. The summed E-state index contributed by atoms with van der Waals surface area (Å²) in [5.41, 5.74) is -0.651. The lowest BCUT2D eigenvalue weighted by molar-refractivity contribution is -0.0640. The number of ether oxygens (including phenoxy) is 1. The van der Waals surface area contributed by atoms with Crippen molar-refractivity contribution in [2.45, 2.75) is 44.4 Å². The van der Waals surface area contributed by atoms with E-state index in [2.05, 4.69) is 5.32 Å². The van der Waals surface area contributed by atoms with Crippen molar-refractivity contribution in [3.63, 3.8) is 0 Å². The van der Waals surface area contributed by atoms with E-state index in [1.807, 2.05) is 6.92 Å². The summed E-state index contributed by atoms with van der Waals surface area (Å²) >= 11 is 0. The molecule has 1 fully saturated rings. The van der Waals surface area contributed by atoms with E-state index in [1.54, 1.807) is 6.92 Å². The lowest BCUT2D eigenvalue weighted by atomic mass is 9.94. The molecule has 0 amide bonds. The molecule has 0 spiro atoms. The Morgan fingerprint density at radius 3 is 2.43 bits per heavy atom. The average Bonchev–Trinajstić information content (AvgIpc) is 2.15. The summed E-state index contributed by atoms with van der Waals surface area (Å²) < 4.78 is 5.18. The SMILES string of the molecule is CC(O)C(C)NCC1(O)CCOCC1. The molecule has 3 N–H and O–H groups in total. The smallest absolute Gasteiger partial charge is 0.0815 e. The molecule has 4 heteroatoms. The second-order valence-corrected chi connectivity index (χ2v) is 4.25. The van der Waals surface area contributed by atoms with Crippen LogP contribution in [0.2, 0.25) is 0 Å². The second kappa shape index (κ2) is 5.07. The van der Waals surface area contributed by atoms with Gasteiger partial charge in [0.05, 0.1) is 11.7 Å². The molecule has 0 aromatic heterocycles. The Bertz CT molecular complexity index is 167. The molecule has 0 bridgehead atoms. The molecule has 0 radical (unpaired) electrons. The predicted molar refractivity (Wildman–Crippen MR) is 54.1 cm³/mol. The number of nitrogens with one attached hydrogen (secondary N) is 1. The van der Waals surface area contributed by atoms with Crippen LogP contribution in [-0.4, -0.2) is 47.7 Å². The van der Waals surface area contributed by atoms with Crippen molar-refractivity contribution in [1.82, 2.24) is 5.32 Å². The second-order valence-electron chi connectivity index (χ2n) is 4.25. The Hall–Kier alpha value is -0.160. The Kier molecular flexibility index (Phi) is 4.31. The van der Waals surface area contributed by atoms with Crippen molar-refractivity contribution in [1.29, 1.82) is 0 Å². The molecule has 0 aromatic carbocycles. The number of hydrogen-bond acceptors (Lipinski definition) is 4. The highest BCUT2D eigenvalue weighted by Gasteiger charge is 2.30. The molecule has 0 aliphatic carbocycles. The van der Waals surface area contributed by atoms with Crippen molar-refractivity contribution in [3.8, 4) is 0 Å². The van der Waals surface area contributed by atoms with Crippen molar-refractivity contribution < 1.29 is 14.9 Å². The minimum atomic E-state index is -0.651. The van der Waals surface area contributed by atoms with Gasteiger partial charge in [-0.1, -0.05) is 0 Å². The summed E-state index contributed by atoms with van der Waals surface area (Å²) in [6.45, 7) is 5.43. The molecule has 1 rings (SSSR count). The van der Waals surface area contributed by atoms with E-state index in [1.165, 1.54) is 0 Å². The minimum Gasteiger partial charge on any atom is -0.392 e. The fourth-order valence-electron chi connectivity index (χ4n) is 1.45. The molecule has 1 heterocycles. The Labute approximate surface area is 85.3 Å². The van der Waals surface area contributed by atoms with Gasteiger partial charge in [0.2, 0.25) is 0 Å². The monoisotopic (exact) mass is 203 g/mol. The molecular weight excluding hydrogens is 182 g/mol. The zero-order chi connectivity index (χ0) is 10.6. The highest BCUT2D eigenvalue weighted by atomic mass is 16.5. The van der Waals surface area contributed by atoms with Gasteiger partial charge in [0, 0.05) is 38.6 Å². The summed E-state index contributed by atoms with van der Waals surface area (Å²) in [5.74, 6) is 0. The number of aliphatic hydroxyl groups excluding tert-OH is 1. The average molecular weight is 203 g/mol. The van der Waals surface area contributed by atoms with Crippen LogP contribution in [0.4, 0.5) is 0 Å². The van der Waals surface area contributed by atoms with Gasteiger partial charge >= 0.3 is 0 Å². The third-order valence-electron chi connectivity index (χ3n) is 2.90. The highest BCUT2D eigenvalue weighted by Crippen LogP contribution is 2.19. The maximum absolute atomic E-state index is 10.1.